The summed E-state index contributed by atoms with van der Waals surface area (Å²) in [6.45, 7) is 0. The number of nitrogens with one attached hydrogen (secondary N) is 1. The molecule has 0 bridgehead atoms. The summed E-state index contributed by atoms with van der Waals surface area (Å²) in [4.78, 5) is 7.47. The number of rotatable bonds is 3. The van der Waals surface area contributed by atoms with Gasteiger partial charge in [0.2, 0.25) is 0 Å². The van der Waals surface area contributed by atoms with Crippen LogP contribution in [0.15, 0.2) is 47.4 Å². The second-order valence-corrected chi connectivity index (χ2v) is 5.85. The van der Waals surface area contributed by atoms with Gasteiger partial charge in [0.15, 0.2) is 0 Å². The van der Waals surface area contributed by atoms with Crippen LogP contribution >= 0.6 is 11.8 Å². The van der Waals surface area contributed by atoms with E-state index in [2.05, 4.69) is 9.97 Å². The first-order chi connectivity index (χ1) is 10.4. The summed E-state index contributed by atoms with van der Waals surface area (Å²) in [7, 11) is 0. The maximum atomic E-state index is 13.1. The highest BCUT2D eigenvalue weighted by atomic mass is 32.2. The van der Waals surface area contributed by atoms with Gasteiger partial charge in [0.1, 0.15) is 11.6 Å². The molecule has 0 aliphatic rings. The zero-order valence-electron chi connectivity index (χ0n) is 11.1. The van der Waals surface area contributed by atoms with E-state index < -0.39 is 5.51 Å². The number of benzene rings is 2. The van der Waals surface area contributed by atoms with E-state index in [1.165, 1.54) is 24.3 Å². The van der Waals surface area contributed by atoms with Crippen LogP contribution in [0.5, 0.6) is 0 Å². The molecule has 3 rings (SSSR count). The van der Waals surface area contributed by atoms with Crippen molar-refractivity contribution in [2.24, 2.45) is 0 Å². The molecule has 1 N–H and O–H groups in total. The van der Waals surface area contributed by atoms with Crippen molar-refractivity contribution in [1.29, 1.82) is 0 Å². The van der Waals surface area contributed by atoms with Gasteiger partial charge in [-0.3, -0.25) is 0 Å². The number of hydrogen-bond acceptors (Lipinski definition) is 2. The molecule has 0 aliphatic heterocycles. The first-order valence-corrected chi connectivity index (χ1v) is 7.19. The fourth-order valence-corrected chi connectivity index (χ4v) is 2.66. The van der Waals surface area contributed by atoms with E-state index in [1.54, 1.807) is 18.2 Å². The van der Waals surface area contributed by atoms with Crippen LogP contribution in [-0.4, -0.2) is 15.5 Å². The first-order valence-electron chi connectivity index (χ1n) is 6.38. The molecule has 7 heteroatoms. The van der Waals surface area contributed by atoms with E-state index in [1.807, 2.05) is 0 Å². The molecule has 114 valence electrons. The Hall–Kier alpha value is -2.02. The Morgan fingerprint density at radius 2 is 1.77 bits per heavy atom. The van der Waals surface area contributed by atoms with E-state index in [4.69, 9.17) is 0 Å². The minimum Gasteiger partial charge on any atom is -0.342 e. The van der Waals surface area contributed by atoms with Gasteiger partial charge in [-0.05, 0) is 47.7 Å². The van der Waals surface area contributed by atoms with Gasteiger partial charge in [-0.1, -0.05) is 12.1 Å². The Morgan fingerprint density at radius 3 is 2.45 bits per heavy atom. The Bertz CT molecular complexity index is 793. The fourth-order valence-electron chi connectivity index (χ4n) is 2.12. The molecule has 22 heavy (non-hydrogen) atoms. The van der Waals surface area contributed by atoms with Crippen molar-refractivity contribution in [3.63, 3.8) is 0 Å². The number of thioether (sulfide) groups is 1. The molecule has 0 atom stereocenters. The maximum absolute atomic E-state index is 13.1. The minimum absolute atomic E-state index is 0.142. The summed E-state index contributed by atoms with van der Waals surface area (Å²) in [6.07, 6.45) is 0.438. The van der Waals surface area contributed by atoms with E-state index in [0.717, 1.165) is 5.56 Å². The van der Waals surface area contributed by atoms with Crippen molar-refractivity contribution in [1.82, 2.24) is 9.97 Å². The Kier molecular flexibility index (Phi) is 3.82. The zero-order chi connectivity index (χ0) is 15.7. The third-order valence-electron chi connectivity index (χ3n) is 3.02. The third kappa shape index (κ3) is 3.59. The number of halogens is 4. The quantitative estimate of drug-likeness (QED) is 0.547. The lowest BCUT2D eigenvalue weighted by Crippen LogP contribution is -1.99. The molecule has 0 unspecified atom stereocenters. The standard InChI is InChI=1S/C15H10F4N2S/c16-10-3-6-12-13(8-10)21-14(20-12)7-9-1-4-11(5-2-9)22-15(17,18)19/h1-6,8H,7H2,(H,20,21). The number of aromatic nitrogens is 2. The summed E-state index contributed by atoms with van der Waals surface area (Å²) in [5.74, 6) is 0.285. The van der Waals surface area contributed by atoms with Crippen LogP contribution in [0.4, 0.5) is 17.6 Å². The van der Waals surface area contributed by atoms with Crippen LogP contribution in [0.3, 0.4) is 0 Å². The highest BCUT2D eigenvalue weighted by Gasteiger charge is 2.28. The molecular formula is C15H10F4N2S. The van der Waals surface area contributed by atoms with Crippen molar-refractivity contribution in [2.45, 2.75) is 16.8 Å². The van der Waals surface area contributed by atoms with Gasteiger partial charge < -0.3 is 4.98 Å². The fraction of sp³-hybridized carbons (Fsp3) is 0.133. The molecule has 0 saturated heterocycles. The van der Waals surface area contributed by atoms with Crippen LogP contribution in [0.1, 0.15) is 11.4 Å². The lowest BCUT2D eigenvalue weighted by molar-refractivity contribution is -0.0328. The molecular weight excluding hydrogens is 316 g/mol. The number of hydrogen-bond donors (Lipinski definition) is 1. The SMILES string of the molecule is Fc1ccc2nc(Cc3ccc(SC(F)(F)F)cc3)[nH]c2c1. The van der Waals surface area contributed by atoms with E-state index in [-0.39, 0.29) is 22.5 Å². The average molecular weight is 326 g/mol. The average Bonchev–Trinajstić information content (AvgIpc) is 2.80. The number of nitrogens with zero attached hydrogens (tertiary/aromatic N) is 1. The molecule has 3 aromatic rings. The molecule has 0 amide bonds. The smallest absolute Gasteiger partial charge is 0.342 e. The molecule has 1 heterocycles. The molecule has 2 aromatic carbocycles. The Balaban J connectivity index is 1.77. The molecule has 0 fully saturated rings. The van der Waals surface area contributed by atoms with Crippen LogP contribution in [0, 0.1) is 5.82 Å². The van der Waals surface area contributed by atoms with Gasteiger partial charge in [-0.2, -0.15) is 13.2 Å². The molecule has 0 aliphatic carbocycles. The minimum atomic E-state index is -4.29. The molecule has 0 radical (unpaired) electrons. The largest absolute Gasteiger partial charge is 0.446 e. The van der Waals surface area contributed by atoms with Crippen molar-refractivity contribution < 1.29 is 17.6 Å². The highest BCUT2D eigenvalue weighted by molar-refractivity contribution is 8.00. The number of imidazole rings is 1. The Morgan fingerprint density at radius 1 is 1.05 bits per heavy atom. The van der Waals surface area contributed by atoms with E-state index >= 15 is 0 Å². The number of aromatic amines is 1. The lowest BCUT2D eigenvalue weighted by Gasteiger charge is -2.06. The number of H-pyrrole nitrogens is 1. The van der Waals surface area contributed by atoms with Crippen LogP contribution in [0.25, 0.3) is 11.0 Å². The first kappa shape index (κ1) is 14.9. The van der Waals surface area contributed by atoms with E-state index in [9.17, 15) is 17.6 Å². The monoisotopic (exact) mass is 326 g/mol. The summed E-state index contributed by atoms with van der Waals surface area (Å²) >= 11 is -0.144. The summed E-state index contributed by atoms with van der Waals surface area (Å²) < 4.78 is 49.9. The van der Waals surface area contributed by atoms with Crippen molar-refractivity contribution in [3.8, 4) is 0 Å². The summed E-state index contributed by atoms with van der Waals surface area (Å²) in [6, 6.07) is 10.4. The lowest BCUT2D eigenvalue weighted by atomic mass is 10.1. The van der Waals surface area contributed by atoms with Crippen LogP contribution in [-0.2, 0) is 6.42 Å². The van der Waals surface area contributed by atoms with Gasteiger partial charge in [-0.25, -0.2) is 9.37 Å². The molecule has 0 spiro atoms. The van der Waals surface area contributed by atoms with Gasteiger partial charge in [0, 0.05) is 11.3 Å². The van der Waals surface area contributed by atoms with Crippen LogP contribution < -0.4 is 0 Å². The van der Waals surface area contributed by atoms with Crippen LogP contribution in [0.2, 0.25) is 0 Å². The molecule has 0 saturated carbocycles. The second-order valence-electron chi connectivity index (χ2n) is 4.71. The second kappa shape index (κ2) is 5.64. The molecule has 2 nitrogen and oxygen atoms in total. The topological polar surface area (TPSA) is 28.7 Å². The van der Waals surface area contributed by atoms with Crippen molar-refractivity contribution in [3.05, 3.63) is 59.7 Å². The Labute approximate surface area is 127 Å². The normalized spacial score (nSPS) is 12.0. The summed E-state index contributed by atoms with van der Waals surface area (Å²) in [5.41, 5.74) is -2.21. The van der Waals surface area contributed by atoms with Gasteiger partial charge in [-0.15, -0.1) is 0 Å². The summed E-state index contributed by atoms with van der Waals surface area (Å²) in [5, 5.41) is 0. The van der Waals surface area contributed by atoms with E-state index in [0.29, 0.717) is 23.3 Å². The maximum Gasteiger partial charge on any atom is 0.446 e. The van der Waals surface area contributed by atoms with Gasteiger partial charge in [0.05, 0.1) is 11.0 Å². The predicted octanol–water partition coefficient (Wildman–Crippen LogP) is 4.90. The number of fused-ring (bicyclic) bond motifs is 1. The van der Waals surface area contributed by atoms with Gasteiger partial charge >= 0.3 is 5.51 Å². The predicted molar refractivity (Wildman–Crippen MR) is 77.2 cm³/mol. The zero-order valence-corrected chi connectivity index (χ0v) is 11.9. The van der Waals surface area contributed by atoms with Crippen molar-refractivity contribution in [2.75, 3.05) is 0 Å². The van der Waals surface area contributed by atoms with Crippen molar-refractivity contribution >= 4 is 22.8 Å². The number of alkyl halides is 3. The van der Waals surface area contributed by atoms with Gasteiger partial charge in [0.25, 0.3) is 0 Å². The molecule has 1 aromatic heterocycles. The highest BCUT2D eigenvalue weighted by Crippen LogP contribution is 2.36. The third-order valence-corrected chi connectivity index (χ3v) is 3.76.